The third-order valence-corrected chi connectivity index (χ3v) is 3.04. The van der Waals surface area contributed by atoms with Gasteiger partial charge in [-0.2, -0.15) is 0 Å². The van der Waals surface area contributed by atoms with E-state index in [4.69, 9.17) is 0 Å². The molecule has 0 aromatic heterocycles. The highest BCUT2D eigenvalue weighted by atomic mass is 19.2. The van der Waals surface area contributed by atoms with E-state index in [9.17, 15) is 26.7 Å². The largest absolute Gasteiger partial charge is 0.295 e. The molecule has 0 fully saturated rings. The minimum absolute atomic E-state index is 0.196. The summed E-state index contributed by atoms with van der Waals surface area (Å²) in [6.07, 6.45) is -0.468. The SMILES string of the molecule is CC(=O)c1ccc(Cc2c(F)c(F)c(F)c(F)c2F)cc1. The Morgan fingerprint density at radius 2 is 1.24 bits per heavy atom. The molecule has 0 atom stereocenters. The summed E-state index contributed by atoms with van der Waals surface area (Å²) in [5.74, 6) is -10.0. The van der Waals surface area contributed by atoms with Gasteiger partial charge in [0.15, 0.2) is 29.1 Å². The van der Waals surface area contributed by atoms with E-state index in [1.54, 1.807) is 0 Å². The standard InChI is InChI=1S/C15H9F5O/c1-7(21)9-4-2-8(3-5-9)6-10-11(16)13(18)15(20)14(19)12(10)17/h2-5H,6H2,1H3. The van der Waals surface area contributed by atoms with Crippen LogP contribution in [0.1, 0.15) is 28.4 Å². The Balaban J connectivity index is 2.42. The van der Waals surface area contributed by atoms with E-state index >= 15 is 0 Å². The van der Waals surface area contributed by atoms with Gasteiger partial charge in [0.1, 0.15) is 0 Å². The van der Waals surface area contributed by atoms with Crippen molar-refractivity contribution in [3.63, 3.8) is 0 Å². The Hall–Kier alpha value is -2.24. The lowest BCUT2D eigenvalue weighted by molar-refractivity contribution is 0.101. The Labute approximate surface area is 117 Å². The van der Waals surface area contributed by atoms with E-state index in [-0.39, 0.29) is 5.78 Å². The summed E-state index contributed by atoms with van der Waals surface area (Å²) in [6.45, 7) is 1.35. The highest BCUT2D eigenvalue weighted by molar-refractivity contribution is 5.94. The fraction of sp³-hybridized carbons (Fsp3) is 0.133. The average Bonchev–Trinajstić information content (AvgIpc) is 2.48. The van der Waals surface area contributed by atoms with Crippen molar-refractivity contribution in [1.29, 1.82) is 0 Å². The molecule has 0 radical (unpaired) electrons. The van der Waals surface area contributed by atoms with Crippen LogP contribution in [0.5, 0.6) is 0 Å². The molecule has 2 rings (SSSR count). The first-order valence-electron chi connectivity index (χ1n) is 5.93. The summed E-state index contributed by atoms with van der Waals surface area (Å²) in [6, 6.07) is 5.64. The molecule has 0 saturated heterocycles. The molecular weight excluding hydrogens is 291 g/mol. The average molecular weight is 300 g/mol. The fourth-order valence-corrected chi connectivity index (χ4v) is 1.87. The number of carbonyl (C=O) groups excluding carboxylic acids is 1. The number of hydrogen-bond acceptors (Lipinski definition) is 1. The quantitative estimate of drug-likeness (QED) is 0.360. The molecule has 0 spiro atoms. The zero-order chi connectivity index (χ0) is 15.7. The topological polar surface area (TPSA) is 17.1 Å². The van der Waals surface area contributed by atoms with Crippen molar-refractivity contribution in [2.75, 3.05) is 0 Å². The van der Waals surface area contributed by atoms with E-state index in [1.807, 2.05) is 0 Å². The zero-order valence-corrected chi connectivity index (χ0v) is 10.8. The molecule has 0 unspecified atom stereocenters. The molecule has 0 bridgehead atoms. The van der Waals surface area contributed by atoms with Crippen molar-refractivity contribution in [2.45, 2.75) is 13.3 Å². The van der Waals surface area contributed by atoms with Gasteiger partial charge in [0.25, 0.3) is 0 Å². The van der Waals surface area contributed by atoms with Crippen molar-refractivity contribution >= 4 is 5.78 Å². The maximum absolute atomic E-state index is 13.5. The van der Waals surface area contributed by atoms with Gasteiger partial charge in [-0.05, 0) is 12.5 Å². The Kier molecular flexibility index (Phi) is 4.06. The lowest BCUT2D eigenvalue weighted by atomic mass is 10.0. The number of ketones is 1. The maximum Gasteiger partial charge on any atom is 0.200 e. The molecule has 0 aliphatic rings. The van der Waals surface area contributed by atoms with Crippen LogP contribution in [-0.4, -0.2) is 5.78 Å². The lowest BCUT2D eigenvalue weighted by Crippen LogP contribution is -2.07. The number of carbonyl (C=O) groups is 1. The smallest absolute Gasteiger partial charge is 0.200 e. The van der Waals surface area contributed by atoms with Gasteiger partial charge in [0.05, 0.1) is 0 Å². The van der Waals surface area contributed by atoms with E-state index in [1.165, 1.54) is 31.2 Å². The Morgan fingerprint density at radius 1 is 0.810 bits per heavy atom. The summed E-state index contributed by atoms with van der Waals surface area (Å²) >= 11 is 0. The summed E-state index contributed by atoms with van der Waals surface area (Å²) in [5.41, 5.74) is -0.193. The van der Waals surface area contributed by atoms with Gasteiger partial charge in [-0.1, -0.05) is 24.3 Å². The van der Waals surface area contributed by atoms with Crippen LogP contribution in [0, 0.1) is 29.1 Å². The molecule has 0 heterocycles. The van der Waals surface area contributed by atoms with Gasteiger partial charge in [0, 0.05) is 17.5 Å². The van der Waals surface area contributed by atoms with E-state index < -0.39 is 41.1 Å². The lowest BCUT2D eigenvalue weighted by Gasteiger charge is -2.08. The predicted molar refractivity (Wildman–Crippen MR) is 65.5 cm³/mol. The first-order chi connectivity index (χ1) is 9.82. The Morgan fingerprint density at radius 3 is 1.67 bits per heavy atom. The van der Waals surface area contributed by atoms with Crippen molar-refractivity contribution < 1.29 is 26.7 Å². The fourth-order valence-electron chi connectivity index (χ4n) is 1.87. The van der Waals surface area contributed by atoms with Crippen LogP contribution in [0.3, 0.4) is 0 Å². The molecule has 110 valence electrons. The zero-order valence-electron chi connectivity index (χ0n) is 10.8. The first kappa shape index (κ1) is 15.2. The van der Waals surface area contributed by atoms with Gasteiger partial charge < -0.3 is 0 Å². The Bertz CT molecular complexity index is 678. The van der Waals surface area contributed by atoms with Gasteiger partial charge in [-0.25, -0.2) is 22.0 Å². The number of rotatable bonds is 3. The normalized spacial score (nSPS) is 10.8. The molecule has 2 aromatic carbocycles. The van der Waals surface area contributed by atoms with Crippen LogP contribution in [0.4, 0.5) is 22.0 Å². The van der Waals surface area contributed by atoms with E-state index in [0.29, 0.717) is 11.1 Å². The van der Waals surface area contributed by atoms with Crippen LogP contribution in [0.25, 0.3) is 0 Å². The summed E-state index contributed by atoms with van der Waals surface area (Å²) in [4.78, 5) is 11.1. The van der Waals surface area contributed by atoms with Gasteiger partial charge >= 0.3 is 0 Å². The molecule has 6 heteroatoms. The van der Waals surface area contributed by atoms with Crippen LogP contribution >= 0.6 is 0 Å². The minimum Gasteiger partial charge on any atom is -0.295 e. The van der Waals surface area contributed by atoms with Gasteiger partial charge in [0.2, 0.25) is 5.82 Å². The van der Waals surface area contributed by atoms with Crippen LogP contribution < -0.4 is 0 Å². The van der Waals surface area contributed by atoms with Crippen molar-refractivity contribution in [3.05, 3.63) is 70.0 Å². The van der Waals surface area contributed by atoms with Gasteiger partial charge in [-0.15, -0.1) is 0 Å². The van der Waals surface area contributed by atoms with E-state index in [2.05, 4.69) is 0 Å². The first-order valence-corrected chi connectivity index (χ1v) is 5.93. The maximum atomic E-state index is 13.5. The minimum atomic E-state index is -2.18. The summed E-state index contributed by atoms with van der Waals surface area (Å²) in [7, 11) is 0. The molecule has 0 saturated carbocycles. The second-order valence-corrected chi connectivity index (χ2v) is 4.48. The highest BCUT2D eigenvalue weighted by Crippen LogP contribution is 2.25. The monoisotopic (exact) mass is 300 g/mol. The molecule has 1 nitrogen and oxygen atoms in total. The second kappa shape index (κ2) is 5.63. The third-order valence-electron chi connectivity index (χ3n) is 3.04. The van der Waals surface area contributed by atoms with Crippen molar-refractivity contribution in [2.24, 2.45) is 0 Å². The third kappa shape index (κ3) is 2.79. The molecule has 0 N–H and O–H groups in total. The molecular formula is C15H9F5O. The summed E-state index contributed by atoms with van der Waals surface area (Å²) in [5, 5.41) is 0. The number of halogens is 5. The summed E-state index contributed by atoms with van der Waals surface area (Å²) < 4.78 is 66.1. The number of hydrogen-bond donors (Lipinski definition) is 0. The van der Waals surface area contributed by atoms with Crippen molar-refractivity contribution in [3.8, 4) is 0 Å². The molecule has 2 aromatic rings. The van der Waals surface area contributed by atoms with Gasteiger partial charge in [-0.3, -0.25) is 4.79 Å². The number of Topliss-reactive ketones (excluding diaryl/α,β-unsaturated/α-hetero) is 1. The molecule has 0 aliphatic carbocycles. The highest BCUT2D eigenvalue weighted by Gasteiger charge is 2.25. The van der Waals surface area contributed by atoms with Crippen LogP contribution in [-0.2, 0) is 6.42 Å². The predicted octanol–water partition coefficient (Wildman–Crippen LogP) is 4.18. The second-order valence-electron chi connectivity index (χ2n) is 4.48. The molecule has 21 heavy (non-hydrogen) atoms. The van der Waals surface area contributed by atoms with Crippen LogP contribution in [0.2, 0.25) is 0 Å². The molecule has 0 amide bonds. The van der Waals surface area contributed by atoms with Crippen molar-refractivity contribution in [1.82, 2.24) is 0 Å². The van der Waals surface area contributed by atoms with E-state index in [0.717, 1.165) is 0 Å². The van der Waals surface area contributed by atoms with Crippen LogP contribution in [0.15, 0.2) is 24.3 Å². The number of benzene rings is 2. The molecule has 0 aliphatic heterocycles.